The molecule has 0 radical (unpaired) electrons. The van der Waals surface area contributed by atoms with Crippen molar-refractivity contribution in [3.8, 4) is 17.2 Å². The number of aryl methyl sites for hydroxylation is 1. The fourth-order valence-corrected chi connectivity index (χ4v) is 4.98. The van der Waals surface area contributed by atoms with Crippen molar-refractivity contribution < 1.29 is 0 Å². The van der Waals surface area contributed by atoms with Crippen molar-refractivity contribution in [3.05, 3.63) is 99.7 Å². The molecule has 3 aromatic carbocycles. The number of hydrogen-bond donors (Lipinski definition) is 0. The van der Waals surface area contributed by atoms with E-state index >= 15 is 0 Å². The summed E-state index contributed by atoms with van der Waals surface area (Å²) in [6.07, 6.45) is 2.08. The Labute approximate surface area is 197 Å². The minimum absolute atomic E-state index is 0. The van der Waals surface area contributed by atoms with Gasteiger partial charge < -0.3 is 0 Å². The Bertz CT molecular complexity index is 1310. The topological polar surface area (TPSA) is 36.7 Å². The molecule has 1 atom stereocenters. The second-order valence-electron chi connectivity index (χ2n) is 7.79. The molecule has 31 heavy (non-hydrogen) atoms. The largest absolute Gasteiger partial charge is 0.253 e. The highest BCUT2D eigenvalue weighted by molar-refractivity contribution is 6.34. The van der Waals surface area contributed by atoms with E-state index in [-0.39, 0.29) is 12.4 Å². The van der Waals surface area contributed by atoms with Gasteiger partial charge in [-0.25, -0.2) is 0 Å². The van der Waals surface area contributed by atoms with E-state index < -0.39 is 5.41 Å². The summed E-state index contributed by atoms with van der Waals surface area (Å²) in [5.41, 5.74) is 5.49. The highest BCUT2D eigenvalue weighted by Crippen LogP contribution is 2.45. The van der Waals surface area contributed by atoms with Crippen molar-refractivity contribution in [1.29, 1.82) is 5.26 Å². The van der Waals surface area contributed by atoms with Crippen LogP contribution in [0.3, 0.4) is 0 Å². The van der Waals surface area contributed by atoms with Crippen LogP contribution in [0.2, 0.25) is 10.0 Å². The standard InChI is InChI=1S/C26H18Cl2N2.ClH/c27-18-10-11-23-20(14-18)25(19-8-4-5-9-22(19)28)21-15-26(16-29,13-12-24(21)30-23)17-6-2-1-3-7-17;/h1-11,14H,12-13,15H2;1H. The summed E-state index contributed by atoms with van der Waals surface area (Å²) in [6, 6.07) is 26.3. The zero-order valence-corrected chi connectivity index (χ0v) is 18.9. The van der Waals surface area contributed by atoms with Crippen LogP contribution in [0.4, 0.5) is 0 Å². The van der Waals surface area contributed by atoms with Gasteiger partial charge in [0, 0.05) is 26.7 Å². The predicted molar refractivity (Wildman–Crippen MR) is 130 cm³/mol. The Morgan fingerprint density at radius 1 is 0.935 bits per heavy atom. The van der Waals surface area contributed by atoms with Crippen molar-refractivity contribution in [3.63, 3.8) is 0 Å². The van der Waals surface area contributed by atoms with E-state index in [4.69, 9.17) is 28.2 Å². The number of fused-ring (bicyclic) bond motifs is 2. The van der Waals surface area contributed by atoms with Crippen LogP contribution in [-0.4, -0.2) is 4.98 Å². The quantitative estimate of drug-likeness (QED) is 0.306. The van der Waals surface area contributed by atoms with E-state index in [0.717, 1.165) is 51.7 Å². The van der Waals surface area contributed by atoms with Crippen LogP contribution in [0.15, 0.2) is 72.8 Å². The number of hydrogen-bond acceptors (Lipinski definition) is 2. The first-order valence-electron chi connectivity index (χ1n) is 9.94. The number of rotatable bonds is 2. The van der Waals surface area contributed by atoms with Gasteiger partial charge in [-0.1, -0.05) is 71.7 Å². The predicted octanol–water partition coefficient (Wildman–Crippen LogP) is 7.58. The van der Waals surface area contributed by atoms with E-state index in [9.17, 15) is 5.26 Å². The molecule has 2 nitrogen and oxygen atoms in total. The maximum absolute atomic E-state index is 10.3. The number of pyridine rings is 1. The third-order valence-electron chi connectivity index (χ3n) is 6.08. The summed E-state index contributed by atoms with van der Waals surface area (Å²) in [4.78, 5) is 4.96. The van der Waals surface area contributed by atoms with Gasteiger partial charge in [-0.2, -0.15) is 5.26 Å². The molecule has 0 fully saturated rings. The molecule has 1 aliphatic carbocycles. The zero-order chi connectivity index (χ0) is 20.7. The zero-order valence-electron chi connectivity index (χ0n) is 16.6. The molecule has 4 aromatic rings. The molecular formula is C26H19Cl3N2. The Balaban J connectivity index is 0.00000231. The number of halogens is 3. The first-order chi connectivity index (χ1) is 14.6. The smallest absolute Gasteiger partial charge is 0.0867 e. The van der Waals surface area contributed by atoms with Crippen LogP contribution in [-0.2, 0) is 18.3 Å². The normalized spacial score (nSPS) is 17.5. The lowest BCUT2D eigenvalue weighted by atomic mass is 9.68. The van der Waals surface area contributed by atoms with E-state index in [1.54, 1.807) is 0 Å². The van der Waals surface area contributed by atoms with E-state index in [1.807, 2.05) is 60.7 Å². The van der Waals surface area contributed by atoms with Gasteiger partial charge in [0.15, 0.2) is 0 Å². The van der Waals surface area contributed by atoms with Gasteiger partial charge in [-0.3, -0.25) is 4.98 Å². The van der Waals surface area contributed by atoms with Gasteiger partial charge in [0.05, 0.1) is 17.0 Å². The van der Waals surface area contributed by atoms with Crippen LogP contribution in [0.1, 0.15) is 23.2 Å². The maximum atomic E-state index is 10.3. The molecule has 1 heterocycles. The SMILES string of the molecule is Cl.N#CC1(c2ccccc2)CCc2nc3ccc(Cl)cc3c(-c3ccccc3Cl)c2C1. The summed E-state index contributed by atoms with van der Waals surface area (Å²) >= 11 is 13.0. The number of benzene rings is 3. The molecule has 0 spiro atoms. The lowest BCUT2D eigenvalue weighted by molar-refractivity contribution is 0.468. The van der Waals surface area contributed by atoms with Crippen molar-refractivity contribution in [2.24, 2.45) is 0 Å². The third-order valence-corrected chi connectivity index (χ3v) is 6.65. The molecule has 0 aliphatic heterocycles. The molecule has 0 saturated carbocycles. The van der Waals surface area contributed by atoms with Gasteiger partial charge in [-0.05, 0) is 60.2 Å². The summed E-state index contributed by atoms with van der Waals surface area (Å²) in [6.45, 7) is 0. The second-order valence-corrected chi connectivity index (χ2v) is 8.63. The number of nitriles is 1. The Morgan fingerprint density at radius 2 is 1.68 bits per heavy atom. The van der Waals surface area contributed by atoms with Crippen LogP contribution in [0, 0.1) is 11.3 Å². The minimum Gasteiger partial charge on any atom is -0.253 e. The lowest BCUT2D eigenvalue weighted by Gasteiger charge is -2.34. The van der Waals surface area contributed by atoms with Crippen molar-refractivity contribution in [1.82, 2.24) is 4.98 Å². The number of nitrogens with zero attached hydrogens (tertiary/aromatic N) is 2. The van der Waals surface area contributed by atoms with Gasteiger partial charge in [0.25, 0.3) is 0 Å². The van der Waals surface area contributed by atoms with E-state index in [1.165, 1.54) is 0 Å². The van der Waals surface area contributed by atoms with E-state index in [0.29, 0.717) is 16.5 Å². The molecule has 5 rings (SSSR count). The monoisotopic (exact) mass is 464 g/mol. The highest BCUT2D eigenvalue weighted by atomic mass is 35.5. The fraction of sp³-hybridized carbons (Fsp3) is 0.154. The van der Waals surface area contributed by atoms with Crippen LogP contribution in [0.5, 0.6) is 0 Å². The van der Waals surface area contributed by atoms with Crippen LogP contribution in [0.25, 0.3) is 22.0 Å². The highest BCUT2D eigenvalue weighted by Gasteiger charge is 2.38. The first kappa shape index (κ1) is 21.7. The molecule has 0 bridgehead atoms. The number of aromatic nitrogens is 1. The molecule has 154 valence electrons. The molecule has 0 amide bonds. The van der Waals surface area contributed by atoms with Gasteiger partial charge in [0.2, 0.25) is 0 Å². The van der Waals surface area contributed by atoms with Crippen LogP contribution < -0.4 is 0 Å². The molecule has 0 saturated heterocycles. The van der Waals surface area contributed by atoms with Crippen molar-refractivity contribution in [2.75, 3.05) is 0 Å². The van der Waals surface area contributed by atoms with E-state index in [2.05, 4.69) is 18.2 Å². The van der Waals surface area contributed by atoms with Crippen molar-refractivity contribution in [2.45, 2.75) is 24.7 Å². The third kappa shape index (κ3) is 3.68. The van der Waals surface area contributed by atoms with Gasteiger partial charge in [0.1, 0.15) is 0 Å². The summed E-state index contributed by atoms with van der Waals surface area (Å²) in [7, 11) is 0. The van der Waals surface area contributed by atoms with Crippen LogP contribution >= 0.6 is 35.6 Å². The Morgan fingerprint density at radius 3 is 2.42 bits per heavy atom. The Hall–Kier alpha value is -2.57. The lowest BCUT2D eigenvalue weighted by Crippen LogP contribution is -2.33. The Kier molecular flexibility index (Phi) is 5.95. The summed E-state index contributed by atoms with van der Waals surface area (Å²) in [5, 5.41) is 12.6. The molecule has 1 unspecified atom stereocenters. The minimum atomic E-state index is -0.585. The van der Waals surface area contributed by atoms with Gasteiger partial charge in [-0.15, -0.1) is 12.4 Å². The summed E-state index contributed by atoms with van der Waals surface area (Å²) in [5.74, 6) is 0. The average Bonchev–Trinajstić information content (AvgIpc) is 2.78. The molecule has 0 N–H and O–H groups in total. The maximum Gasteiger partial charge on any atom is 0.0867 e. The fourth-order valence-electron chi connectivity index (χ4n) is 4.58. The molecule has 1 aliphatic rings. The van der Waals surface area contributed by atoms with Gasteiger partial charge >= 0.3 is 0 Å². The second kappa shape index (κ2) is 8.52. The average molecular weight is 466 g/mol. The molecule has 1 aromatic heterocycles. The molecular weight excluding hydrogens is 447 g/mol. The summed E-state index contributed by atoms with van der Waals surface area (Å²) < 4.78 is 0. The van der Waals surface area contributed by atoms with Crippen molar-refractivity contribution >= 4 is 46.5 Å². The molecule has 5 heteroatoms. The first-order valence-corrected chi connectivity index (χ1v) is 10.7.